The molecule has 27 heavy (non-hydrogen) atoms. The van der Waals surface area contributed by atoms with Crippen LogP contribution in [0.1, 0.15) is 6.42 Å². The highest BCUT2D eigenvalue weighted by Gasteiger charge is 2.28. The van der Waals surface area contributed by atoms with E-state index >= 15 is 0 Å². The fourth-order valence-electron chi connectivity index (χ4n) is 2.30. The Bertz CT molecular complexity index is 860. The summed E-state index contributed by atoms with van der Waals surface area (Å²) >= 11 is 1.30. The Morgan fingerprint density at radius 3 is 2.56 bits per heavy atom. The monoisotopic (exact) mass is 389 g/mol. The molecule has 7 nitrogen and oxygen atoms in total. The van der Waals surface area contributed by atoms with Gasteiger partial charge < -0.3 is 10.1 Å². The normalized spacial score (nSPS) is 15.3. The van der Waals surface area contributed by atoms with Crippen molar-refractivity contribution < 1.29 is 23.5 Å². The second-order valence-electron chi connectivity index (χ2n) is 5.63. The van der Waals surface area contributed by atoms with Gasteiger partial charge >= 0.3 is 0 Å². The minimum atomic E-state index is -0.590. The lowest BCUT2D eigenvalue weighted by molar-refractivity contribution is -0.130. The highest BCUT2D eigenvalue weighted by Crippen LogP contribution is 2.36. The molecule has 0 saturated carbocycles. The van der Waals surface area contributed by atoms with Crippen molar-refractivity contribution in [3.05, 3.63) is 54.3 Å². The van der Waals surface area contributed by atoms with Crippen LogP contribution in [0.15, 0.2) is 53.4 Å². The van der Waals surface area contributed by atoms with E-state index in [-0.39, 0.29) is 18.9 Å². The Morgan fingerprint density at radius 2 is 1.78 bits per heavy atom. The number of halogens is 1. The summed E-state index contributed by atoms with van der Waals surface area (Å²) in [6, 6.07) is 12.5. The second kappa shape index (κ2) is 8.54. The third-order valence-electron chi connectivity index (χ3n) is 3.60. The van der Waals surface area contributed by atoms with Crippen molar-refractivity contribution in [1.82, 2.24) is 10.9 Å². The van der Waals surface area contributed by atoms with Gasteiger partial charge in [-0.2, -0.15) is 0 Å². The number of carbonyl (C=O) groups is 3. The van der Waals surface area contributed by atoms with Gasteiger partial charge in [-0.15, -0.1) is 11.8 Å². The standard InChI is InChI=1S/C18H16FN3O4S/c19-11-5-7-12(8-6-11)26-10-17(24)22-21-16(23)9-15-18(25)20-13-3-1-2-4-14(13)27-15/h1-8,15H,9-10H2,(H,20,25)(H,21,23)(H,22,24)/t15-/m1/s1. The lowest BCUT2D eigenvalue weighted by Crippen LogP contribution is -2.45. The van der Waals surface area contributed by atoms with E-state index in [9.17, 15) is 18.8 Å². The van der Waals surface area contributed by atoms with Gasteiger partial charge in [0, 0.05) is 11.3 Å². The Balaban J connectivity index is 1.42. The molecule has 1 atom stereocenters. The summed E-state index contributed by atoms with van der Waals surface area (Å²) in [7, 11) is 0. The van der Waals surface area contributed by atoms with Crippen LogP contribution < -0.4 is 20.9 Å². The summed E-state index contributed by atoms with van der Waals surface area (Å²) in [5.41, 5.74) is 5.17. The van der Waals surface area contributed by atoms with Crippen LogP contribution in [-0.4, -0.2) is 29.6 Å². The van der Waals surface area contributed by atoms with Crippen molar-refractivity contribution in [2.45, 2.75) is 16.6 Å². The number of benzene rings is 2. The number of nitrogens with one attached hydrogen (secondary N) is 3. The molecule has 0 bridgehead atoms. The largest absolute Gasteiger partial charge is 0.484 e. The molecule has 0 spiro atoms. The smallest absolute Gasteiger partial charge is 0.276 e. The summed E-state index contributed by atoms with van der Waals surface area (Å²) in [6.45, 7) is -0.349. The molecule has 0 radical (unpaired) electrons. The van der Waals surface area contributed by atoms with Crippen LogP contribution in [0, 0.1) is 5.82 Å². The van der Waals surface area contributed by atoms with Crippen LogP contribution >= 0.6 is 11.8 Å². The topological polar surface area (TPSA) is 96.5 Å². The van der Waals surface area contributed by atoms with Gasteiger partial charge in [-0.3, -0.25) is 25.2 Å². The van der Waals surface area contributed by atoms with Crippen LogP contribution in [0.5, 0.6) is 5.75 Å². The van der Waals surface area contributed by atoms with Gasteiger partial charge in [-0.05, 0) is 36.4 Å². The third kappa shape index (κ3) is 5.20. The molecule has 1 heterocycles. The highest BCUT2D eigenvalue weighted by molar-refractivity contribution is 8.01. The second-order valence-corrected chi connectivity index (χ2v) is 6.88. The molecule has 9 heteroatoms. The maximum Gasteiger partial charge on any atom is 0.276 e. The molecular formula is C18H16FN3O4S. The van der Waals surface area contributed by atoms with E-state index in [2.05, 4.69) is 16.2 Å². The predicted molar refractivity (Wildman–Crippen MR) is 97.5 cm³/mol. The first-order valence-corrected chi connectivity index (χ1v) is 8.92. The summed E-state index contributed by atoms with van der Waals surface area (Å²) in [5.74, 6) is -1.44. The number of hydrazine groups is 1. The third-order valence-corrected chi connectivity index (χ3v) is 4.88. The molecule has 140 valence electrons. The van der Waals surface area contributed by atoms with E-state index in [1.807, 2.05) is 18.2 Å². The SMILES string of the molecule is O=C(COc1ccc(F)cc1)NNC(=O)C[C@H]1Sc2ccccc2NC1=O. The number of para-hydroxylation sites is 1. The maximum absolute atomic E-state index is 12.8. The zero-order chi connectivity index (χ0) is 19.2. The van der Waals surface area contributed by atoms with Crippen LogP contribution in [-0.2, 0) is 14.4 Å². The van der Waals surface area contributed by atoms with E-state index in [1.165, 1.54) is 36.0 Å². The number of fused-ring (bicyclic) bond motifs is 1. The van der Waals surface area contributed by atoms with E-state index < -0.39 is 22.9 Å². The quantitative estimate of drug-likeness (QED) is 0.679. The fraction of sp³-hybridized carbons (Fsp3) is 0.167. The van der Waals surface area contributed by atoms with Crippen molar-refractivity contribution >= 4 is 35.2 Å². The molecule has 0 saturated heterocycles. The van der Waals surface area contributed by atoms with E-state index in [4.69, 9.17) is 4.74 Å². The zero-order valence-corrected chi connectivity index (χ0v) is 14.8. The number of anilines is 1. The van der Waals surface area contributed by atoms with Gasteiger partial charge in [0.25, 0.3) is 5.91 Å². The van der Waals surface area contributed by atoms with Gasteiger partial charge in [0.2, 0.25) is 11.8 Å². The predicted octanol–water partition coefficient (Wildman–Crippen LogP) is 1.85. The number of carbonyl (C=O) groups excluding carboxylic acids is 3. The minimum absolute atomic E-state index is 0.0933. The summed E-state index contributed by atoms with van der Waals surface area (Å²) in [6.07, 6.45) is -0.0933. The summed E-state index contributed by atoms with van der Waals surface area (Å²) < 4.78 is 17.9. The average Bonchev–Trinajstić information content (AvgIpc) is 2.66. The maximum atomic E-state index is 12.8. The summed E-state index contributed by atoms with van der Waals surface area (Å²) in [5, 5.41) is 2.16. The average molecular weight is 389 g/mol. The first kappa shape index (κ1) is 18.7. The molecular weight excluding hydrogens is 373 g/mol. The van der Waals surface area contributed by atoms with Gasteiger partial charge in [-0.1, -0.05) is 12.1 Å². The van der Waals surface area contributed by atoms with Gasteiger partial charge in [0.05, 0.1) is 10.9 Å². The lowest BCUT2D eigenvalue weighted by Gasteiger charge is -2.23. The van der Waals surface area contributed by atoms with Crippen LogP contribution in [0.3, 0.4) is 0 Å². The van der Waals surface area contributed by atoms with E-state index in [0.29, 0.717) is 5.75 Å². The molecule has 2 aromatic carbocycles. The van der Waals surface area contributed by atoms with Crippen LogP contribution in [0.4, 0.5) is 10.1 Å². The molecule has 0 unspecified atom stereocenters. The molecule has 0 aliphatic carbocycles. The highest BCUT2D eigenvalue weighted by atomic mass is 32.2. The Hall–Kier alpha value is -3.07. The molecule has 2 aromatic rings. The van der Waals surface area contributed by atoms with Gasteiger partial charge in [0.15, 0.2) is 6.61 Å². The number of amides is 3. The first-order valence-electron chi connectivity index (χ1n) is 8.04. The molecule has 3 rings (SSSR count). The number of hydrogen-bond donors (Lipinski definition) is 3. The van der Waals surface area contributed by atoms with E-state index in [0.717, 1.165) is 10.6 Å². The van der Waals surface area contributed by atoms with Gasteiger partial charge in [-0.25, -0.2) is 4.39 Å². The van der Waals surface area contributed by atoms with Crippen molar-refractivity contribution in [1.29, 1.82) is 0 Å². The minimum Gasteiger partial charge on any atom is -0.484 e. The molecule has 1 aliphatic heterocycles. The molecule has 3 amide bonds. The Labute approximate surface area is 158 Å². The van der Waals surface area contributed by atoms with Crippen molar-refractivity contribution in [2.75, 3.05) is 11.9 Å². The van der Waals surface area contributed by atoms with Crippen LogP contribution in [0.25, 0.3) is 0 Å². The van der Waals surface area contributed by atoms with Crippen LogP contribution in [0.2, 0.25) is 0 Å². The summed E-state index contributed by atoms with van der Waals surface area (Å²) in [4.78, 5) is 36.6. The van der Waals surface area contributed by atoms with Gasteiger partial charge in [0.1, 0.15) is 11.6 Å². The Morgan fingerprint density at radius 1 is 1.07 bits per heavy atom. The fourth-order valence-corrected chi connectivity index (χ4v) is 3.41. The Kier molecular flexibility index (Phi) is 5.92. The van der Waals surface area contributed by atoms with Crippen molar-refractivity contribution in [2.24, 2.45) is 0 Å². The lowest BCUT2D eigenvalue weighted by atomic mass is 10.2. The number of ether oxygens (including phenoxy) is 1. The zero-order valence-electron chi connectivity index (χ0n) is 14.0. The number of hydrogen-bond acceptors (Lipinski definition) is 5. The molecule has 1 aliphatic rings. The first-order chi connectivity index (χ1) is 13.0. The van der Waals surface area contributed by atoms with Crippen molar-refractivity contribution in [3.63, 3.8) is 0 Å². The molecule has 3 N–H and O–H groups in total. The molecule has 0 aromatic heterocycles. The molecule has 0 fully saturated rings. The number of thioether (sulfide) groups is 1. The number of rotatable bonds is 5. The van der Waals surface area contributed by atoms with Crippen molar-refractivity contribution in [3.8, 4) is 5.75 Å². The van der Waals surface area contributed by atoms with E-state index in [1.54, 1.807) is 6.07 Å².